The lowest BCUT2D eigenvalue weighted by atomic mass is 10.1. The van der Waals surface area contributed by atoms with Crippen molar-refractivity contribution in [2.75, 3.05) is 19.6 Å². The predicted octanol–water partition coefficient (Wildman–Crippen LogP) is 2.51. The smallest absolute Gasteiger partial charge is 0.0236 e. The molecule has 1 unspecified atom stereocenters. The van der Waals surface area contributed by atoms with Crippen LogP contribution in [0.2, 0.25) is 0 Å². The molecule has 1 aromatic rings. The molecule has 0 spiro atoms. The summed E-state index contributed by atoms with van der Waals surface area (Å²) in [4.78, 5) is 2.52. The van der Waals surface area contributed by atoms with E-state index in [1.807, 2.05) is 0 Å². The van der Waals surface area contributed by atoms with Gasteiger partial charge in [-0.1, -0.05) is 23.8 Å². The van der Waals surface area contributed by atoms with E-state index in [4.69, 9.17) is 5.73 Å². The molecule has 0 saturated carbocycles. The summed E-state index contributed by atoms with van der Waals surface area (Å²) in [6, 6.07) is 6.74. The fourth-order valence-corrected chi connectivity index (χ4v) is 2.51. The van der Waals surface area contributed by atoms with Gasteiger partial charge in [0.2, 0.25) is 0 Å². The first-order valence-electron chi connectivity index (χ1n) is 6.17. The lowest BCUT2D eigenvalue weighted by molar-refractivity contribution is 0.317. The fourth-order valence-electron chi connectivity index (χ4n) is 2.51. The largest absolute Gasteiger partial charge is 0.330 e. The Labute approximate surface area is 111 Å². The van der Waals surface area contributed by atoms with Crippen LogP contribution in [0, 0.1) is 19.8 Å². The standard InChI is InChI=1S/C14H22N2.ClH/c1-11-3-4-14(12(2)7-11)10-16-6-5-13(8-15)9-16;/h3-4,7,13H,5-6,8-10,15H2,1-2H3;1H. The first-order valence-corrected chi connectivity index (χ1v) is 6.17. The second-order valence-electron chi connectivity index (χ2n) is 5.06. The minimum absolute atomic E-state index is 0. The number of nitrogens with zero attached hydrogens (tertiary/aromatic N) is 1. The Bertz CT molecular complexity index is 365. The molecule has 1 heterocycles. The summed E-state index contributed by atoms with van der Waals surface area (Å²) in [6.45, 7) is 8.65. The zero-order valence-corrected chi connectivity index (χ0v) is 11.6. The topological polar surface area (TPSA) is 29.3 Å². The molecule has 96 valence electrons. The molecular weight excluding hydrogens is 232 g/mol. The average molecular weight is 255 g/mol. The minimum Gasteiger partial charge on any atom is -0.330 e. The van der Waals surface area contributed by atoms with E-state index in [1.165, 1.54) is 36.2 Å². The molecule has 3 heteroatoms. The van der Waals surface area contributed by atoms with Gasteiger partial charge in [-0.2, -0.15) is 0 Å². The molecule has 2 N–H and O–H groups in total. The number of benzene rings is 1. The summed E-state index contributed by atoms with van der Waals surface area (Å²) in [6.07, 6.45) is 1.27. The normalized spacial score (nSPS) is 20.3. The number of hydrogen-bond donors (Lipinski definition) is 1. The number of halogens is 1. The van der Waals surface area contributed by atoms with Gasteiger partial charge in [0.25, 0.3) is 0 Å². The van der Waals surface area contributed by atoms with Crippen LogP contribution in [0.1, 0.15) is 23.1 Å². The van der Waals surface area contributed by atoms with Crippen molar-refractivity contribution in [3.05, 3.63) is 34.9 Å². The maximum absolute atomic E-state index is 5.71. The van der Waals surface area contributed by atoms with Crippen molar-refractivity contribution < 1.29 is 0 Å². The average Bonchev–Trinajstić information content (AvgIpc) is 2.70. The summed E-state index contributed by atoms with van der Waals surface area (Å²) in [5.74, 6) is 0.714. The molecule has 0 bridgehead atoms. The Morgan fingerprint density at radius 3 is 2.71 bits per heavy atom. The minimum atomic E-state index is 0. The van der Waals surface area contributed by atoms with Crippen molar-refractivity contribution in [2.24, 2.45) is 11.7 Å². The Morgan fingerprint density at radius 1 is 1.35 bits per heavy atom. The summed E-state index contributed by atoms with van der Waals surface area (Å²) in [7, 11) is 0. The van der Waals surface area contributed by atoms with Crippen molar-refractivity contribution in [2.45, 2.75) is 26.8 Å². The van der Waals surface area contributed by atoms with Crippen LogP contribution in [0.4, 0.5) is 0 Å². The van der Waals surface area contributed by atoms with Gasteiger partial charge in [-0.3, -0.25) is 4.90 Å². The van der Waals surface area contributed by atoms with Crippen LogP contribution in [0.5, 0.6) is 0 Å². The molecule has 1 fully saturated rings. The predicted molar refractivity (Wildman–Crippen MR) is 75.6 cm³/mol. The second kappa shape index (κ2) is 6.39. The Morgan fingerprint density at radius 2 is 2.12 bits per heavy atom. The van der Waals surface area contributed by atoms with Crippen LogP contribution < -0.4 is 5.73 Å². The van der Waals surface area contributed by atoms with Crippen LogP contribution in [0.15, 0.2) is 18.2 Å². The summed E-state index contributed by atoms with van der Waals surface area (Å²) >= 11 is 0. The number of nitrogens with two attached hydrogens (primary N) is 1. The number of hydrogen-bond acceptors (Lipinski definition) is 2. The maximum atomic E-state index is 5.71. The third kappa shape index (κ3) is 3.70. The number of rotatable bonds is 3. The van der Waals surface area contributed by atoms with E-state index in [1.54, 1.807) is 0 Å². The highest BCUT2D eigenvalue weighted by molar-refractivity contribution is 5.85. The van der Waals surface area contributed by atoms with Gasteiger partial charge in [0.1, 0.15) is 0 Å². The highest BCUT2D eigenvalue weighted by Crippen LogP contribution is 2.19. The maximum Gasteiger partial charge on any atom is 0.0236 e. The summed E-state index contributed by atoms with van der Waals surface area (Å²) in [5, 5.41) is 0. The first kappa shape index (κ1) is 14.5. The summed E-state index contributed by atoms with van der Waals surface area (Å²) < 4.78 is 0. The van der Waals surface area contributed by atoms with Crippen LogP contribution >= 0.6 is 12.4 Å². The van der Waals surface area contributed by atoms with Gasteiger partial charge in [-0.25, -0.2) is 0 Å². The molecule has 0 amide bonds. The SMILES string of the molecule is Cc1ccc(CN2CCC(CN)C2)c(C)c1.Cl. The lowest BCUT2D eigenvalue weighted by Gasteiger charge is -2.17. The quantitative estimate of drug-likeness (QED) is 0.898. The monoisotopic (exact) mass is 254 g/mol. The highest BCUT2D eigenvalue weighted by Gasteiger charge is 2.21. The summed E-state index contributed by atoms with van der Waals surface area (Å²) in [5.41, 5.74) is 9.94. The second-order valence-corrected chi connectivity index (χ2v) is 5.06. The van der Waals surface area contributed by atoms with E-state index >= 15 is 0 Å². The zero-order chi connectivity index (χ0) is 11.5. The van der Waals surface area contributed by atoms with Gasteiger partial charge in [-0.05, 0) is 50.4 Å². The number of aryl methyl sites for hydroxylation is 2. The van der Waals surface area contributed by atoms with Gasteiger partial charge in [0.15, 0.2) is 0 Å². The molecule has 17 heavy (non-hydrogen) atoms. The Kier molecular flexibility index (Phi) is 5.44. The van der Waals surface area contributed by atoms with Crippen LogP contribution in [0.25, 0.3) is 0 Å². The fraction of sp³-hybridized carbons (Fsp3) is 0.571. The third-order valence-corrected chi connectivity index (χ3v) is 3.60. The molecule has 0 aliphatic carbocycles. The van der Waals surface area contributed by atoms with Crippen molar-refractivity contribution in [1.29, 1.82) is 0 Å². The molecule has 1 aliphatic rings. The van der Waals surface area contributed by atoms with Gasteiger partial charge < -0.3 is 5.73 Å². The van der Waals surface area contributed by atoms with E-state index in [0.717, 1.165) is 13.1 Å². The molecule has 1 aromatic carbocycles. The molecule has 1 saturated heterocycles. The van der Waals surface area contributed by atoms with Crippen LogP contribution in [-0.4, -0.2) is 24.5 Å². The van der Waals surface area contributed by atoms with E-state index in [-0.39, 0.29) is 12.4 Å². The zero-order valence-electron chi connectivity index (χ0n) is 10.8. The van der Waals surface area contributed by atoms with Gasteiger partial charge in [-0.15, -0.1) is 12.4 Å². The van der Waals surface area contributed by atoms with Gasteiger partial charge in [0.05, 0.1) is 0 Å². The number of likely N-dealkylation sites (tertiary alicyclic amines) is 1. The highest BCUT2D eigenvalue weighted by atomic mass is 35.5. The van der Waals surface area contributed by atoms with Crippen LogP contribution in [0.3, 0.4) is 0 Å². The van der Waals surface area contributed by atoms with Crippen molar-refractivity contribution in [3.8, 4) is 0 Å². The molecule has 1 atom stereocenters. The Hall–Kier alpha value is -0.570. The molecule has 1 aliphatic heterocycles. The van der Waals surface area contributed by atoms with E-state index in [0.29, 0.717) is 5.92 Å². The molecule has 2 nitrogen and oxygen atoms in total. The van der Waals surface area contributed by atoms with Crippen LogP contribution in [-0.2, 0) is 6.54 Å². The third-order valence-electron chi connectivity index (χ3n) is 3.60. The van der Waals surface area contributed by atoms with Crippen molar-refractivity contribution in [1.82, 2.24) is 4.90 Å². The van der Waals surface area contributed by atoms with Gasteiger partial charge in [0, 0.05) is 13.1 Å². The molecule has 2 rings (SSSR count). The first-order chi connectivity index (χ1) is 7.69. The molecule has 0 aromatic heterocycles. The van der Waals surface area contributed by atoms with Crippen molar-refractivity contribution >= 4 is 12.4 Å². The molecular formula is C14H23ClN2. The van der Waals surface area contributed by atoms with E-state index in [2.05, 4.69) is 36.9 Å². The molecule has 0 radical (unpaired) electrons. The van der Waals surface area contributed by atoms with Crippen molar-refractivity contribution in [3.63, 3.8) is 0 Å². The van der Waals surface area contributed by atoms with Gasteiger partial charge >= 0.3 is 0 Å². The lowest BCUT2D eigenvalue weighted by Crippen LogP contribution is -2.23. The Balaban J connectivity index is 0.00000144. The van der Waals surface area contributed by atoms with E-state index in [9.17, 15) is 0 Å². The van der Waals surface area contributed by atoms with E-state index < -0.39 is 0 Å².